The summed E-state index contributed by atoms with van der Waals surface area (Å²) < 4.78 is 0. The fourth-order valence-electron chi connectivity index (χ4n) is 2.70. The highest BCUT2D eigenvalue weighted by Gasteiger charge is 2.32. The van der Waals surface area contributed by atoms with Gasteiger partial charge in [0.25, 0.3) is 0 Å². The maximum atomic E-state index is 10.6. The molecule has 17 heavy (non-hydrogen) atoms. The number of hydrogen-bond donors (Lipinski definition) is 1. The third-order valence-electron chi connectivity index (χ3n) is 3.99. The first kappa shape index (κ1) is 12.6. The Labute approximate surface area is 104 Å². The minimum Gasteiger partial charge on any atom is -0.384 e. The number of rotatable bonds is 3. The lowest BCUT2D eigenvalue weighted by atomic mass is 9.95. The second-order valence-corrected chi connectivity index (χ2v) is 5.79. The summed E-state index contributed by atoms with van der Waals surface area (Å²) in [6.07, 6.45) is 0. The van der Waals surface area contributed by atoms with Crippen molar-refractivity contribution in [2.75, 3.05) is 19.6 Å². The van der Waals surface area contributed by atoms with Gasteiger partial charge in [-0.1, -0.05) is 44.2 Å². The van der Waals surface area contributed by atoms with E-state index in [9.17, 15) is 5.11 Å². The fraction of sp³-hybridized carbons (Fsp3) is 0.600. The normalized spacial score (nSPS) is 29.2. The molecular weight excluding hydrogens is 210 g/mol. The third-order valence-corrected chi connectivity index (χ3v) is 3.99. The van der Waals surface area contributed by atoms with Crippen LogP contribution in [0.15, 0.2) is 30.3 Å². The highest BCUT2D eigenvalue weighted by Crippen LogP contribution is 2.27. The van der Waals surface area contributed by atoms with E-state index < -0.39 is 5.60 Å². The quantitative estimate of drug-likeness (QED) is 0.867. The Bertz CT molecular complexity index is 350. The molecule has 1 aromatic carbocycles. The smallest absolute Gasteiger partial charge is 0.0994 e. The second-order valence-electron chi connectivity index (χ2n) is 5.79. The summed E-state index contributed by atoms with van der Waals surface area (Å²) in [6.45, 7) is 9.43. The standard InChI is InChI=1S/C15H23NO/c1-12-9-16(10-13(12)2)11-15(3,17)14-7-5-4-6-8-14/h4-8,12-13,17H,9-11H2,1-3H3. The molecule has 1 aromatic rings. The van der Waals surface area contributed by atoms with Crippen molar-refractivity contribution >= 4 is 0 Å². The van der Waals surface area contributed by atoms with Gasteiger partial charge in [-0.15, -0.1) is 0 Å². The molecular formula is C15H23NO. The van der Waals surface area contributed by atoms with Crippen LogP contribution in [0.2, 0.25) is 0 Å². The number of nitrogens with zero attached hydrogens (tertiary/aromatic N) is 1. The molecule has 1 aliphatic heterocycles. The van der Waals surface area contributed by atoms with Crippen molar-refractivity contribution < 1.29 is 5.11 Å². The Morgan fingerprint density at radius 1 is 1.18 bits per heavy atom. The molecule has 1 heterocycles. The average molecular weight is 233 g/mol. The lowest BCUT2D eigenvalue weighted by molar-refractivity contribution is 0.0213. The van der Waals surface area contributed by atoms with E-state index in [-0.39, 0.29) is 0 Å². The number of hydrogen-bond acceptors (Lipinski definition) is 2. The van der Waals surface area contributed by atoms with Crippen molar-refractivity contribution in [2.45, 2.75) is 26.4 Å². The molecule has 3 atom stereocenters. The Hall–Kier alpha value is -0.860. The first-order valence-electron chi connectivity index (χ1n) is 6.49. The van der Waals surface area contributed by atoms with Crippen molar-refractivity contribution in [1.29, 1.82) is 0 Å². The van der Waals surface area contributed by atoms with E-state index in [2.05, 4.69) is 18.7 Å². The molecule has 1 aliphatic rings. The van der Waals surface area contributed by atoms with Crippen molar-refractivity contribution in [1.82, 2.24) is 4.90 Å². The monoisotopic (exact) mass is 233 g/mol. The molecule has 0 spiro atoms. The van der Waals surface area contributed by atoms with Gasteiger partial charge in [0.2, 0.25) is 0 Å². The van der Waals surface area contributed by atoms with Crippen LogP contribution in [-0.2, 0) is 5.60 Å². The van der Waals surface area contributed by atoms with Crippen LogP contribution >= 0.6 is 0 Å². The molecule has 0 aliphatic carbocycles. The minimum atomic E-state index is -0.745. The predicted octanol–water partition coefficient (Wildman–Crippen LogP) is 2.48. The highest BCUT2D eigenvalue weighted by atomic mass is 16.3. The van der Waals surface area contributed by atoms with Crippen molar-refractivity contribution in [3.05, 3.63) is 35.9 Å². The lowest BCUT2D eigenvalue weighted by Gasteiger charge is -2.29. The van der Waals surface area contributed by atoms with E-state index >= 15 is 0 Å². The maximum Gasteiger partial charge on any atom is 0.0994 e. The Morgan fingerprint density at radius 3 is 2.24 bits per heavy atom. The topological polar surface area (TPSA) is 23.5 Å². The molecule has 2 heteroatoms. The fourth-order valence-corrected chi connectivity index (χ4v) is 2.70. The van der Waals surface area contributed by atoms with Crippen LogP contribution in [0.4, 0.5) is 0 Å². The van der Waals surface area contributed by atoms with Crippen LogP contribution in [0.3, 0.4) is 0 Å². The van der Waals surface area contributed by atoms with Gasteiger partial charge in [-0.05, 0) is 24.3 Å². The van der Waals surface area contributed by atoms with Crippen LogP contribution in [0, 0.1) is 11.8 Å². The summed E-state index contributed by atoms with van der Waals surface area (Å²) in [6, 6.07) is 9.96. The van der Waals surface area contributed by atoms with E-state index in [1.807, 2.05) is 37.3 Å². The van der Waals surface area contributed by atoms with Crippen LogP contribution < -0.4 is 0 Å². The van der Waals surface area contributed by atoms with Gasteiger partial charge in [-0.25, -0.2) is 0 Å². The lowest BCUT2D eigenvalue weighted by Crippen LogP contribution is -2.37. The first-order valence-corrected chi connectivity index (χ1v) is 6.49. The summed E-state index contributed by atoms with van der Waals surface area (Å²) in [5.41, 5.74) is 0.262. The Kier molecular flexibility index (Phi) is 3.55. The molecule has 94 valence electrons. The number of benzene rings is 1. The number of likely N-dealkylation sites (tertiary alicyclic amines) is 1. The molecule has 1 N–H and O–H groups in total. The zero-order valence-electron chi connectivity index (χ0n) is 11.1. The minimum absolute atomic E-state index is 0.728. The van der Waals surface area contributed by atoms with E-state index in [4.69, 9.17) is 0 Å². The molecule has 0 bridgehead atoms. The van der Waals surface area contributed by atoms with E-state index in [0.717, 1.165) is 37.0 Å². The average Bonchev–Trinajstić information content (AvgIpc) is 2.58. The van der Waals surface area contributed by atoms with Gasteiger partial charge in [0.1, 0.15) is 0 Å². The molecule has 1 saturated heterocycles. The van der Waals surface area contributed by atoms with E-state index in [1.54, 1.807) is 0 Å². The second kappa shape index (κ2) is 4.79. The predicted molar refractivity (Wildman–Crippen MR) is 70.8 cm³/mol. The summed E-state index contributed by atoms with van der Waals surface area (Å²) in [7, 11) is 0. The van der Waals surface area contributed by atoms with Crippen molar-refractivity contribution in [2.24, 2.45) is 11.8 Å². The van der Waals surface area contributed by atoms with E-state index in [1.165, 1.54) is 0 Å². The van der Waals surface area contributed by atoms with Crippen LogP contribution in [-0.4, -0.2) is 29.6 Å². The van der Waals surface area contributed by atoms with Crippen LogP contribution in [0.5, 0.6) is 0 Å². The van der Waals surface area contributed by atoms with Gasteiger partial charge in [0, 0.05) is 19.6 Å². The molecule has 2 nitrogen and oxygen atoms in total. The SMILES string of the molecule is CC1CN(CC(C)(O)c2ccccc2)CC1C. The van der Waals surface area contributed by atoms with E-state index in [0.29, 0.717) is 0 Å². The Morgan fingerprint density at radius 2 is 1.71 bits per heavy atom. The molecule has 2 rings (SSSR count). The van der Waals surface area contributed by atoms with Crippen molar-refractivity contribution in [3.63, 3.8) is 0 Å². The zero-order chi connectivity index (χ0) is 12.5. The largest absolute Gasteiger partial charge is 0.384 e. The van der Waals surface area contributed by atoms with Crippen molar-refractivity contribution in [3.8, 4) is 0 Å². The summed E-state index contributed by atoms with van der Waals surface area (Å²) in [4.78, 5) is 2.38. The number of β-amino-alcohol motifs (C(OH)–C–C–N with tert-alkyl or cyclic N) is 1. The van der Waals surface area contributed by atoms with Gasteiger partial charge < -0.3 is 5.11 Å². The zero-order valence-corrected chi connectivity index (χ0v) is 11.1. The highest BCUT2D eigenvalue weighted by molar-refractivity contribution is 5.21. The summed E-state index contributed by atoms with van der Waals surface area (Å²) in [5.74, 6) is 1.48. The molecule has 0 aromatic heterocycles. The first-order chi connectivity index (χ1) is 7.99. The Balaban J connectivity index is 2.03. The van der Waals surface area contributed by atoms with Gasteiger partial charge >= 0.3 is 0 Å². The summed E-state index contributed by atoms with van der Waals surface area (Å²) >= 11 is 0. The van der Waals surface area contributed by atoms with Gasteiger partial charge in [0.15, 0.2) is 0 Å². The van der Waals surface area contributed by atoms with Crippen LogP contribution in [0.1, 0.15) is 26.3 Å². The van der Waals surface area contributed by atoms with Gasteiger partial charge in [-0.2, -0.15) is 0 Å². The molecule has 0 saturated carbocycles. The van der Waals surface area contributed by atoms with Crippen LogP contribution in [0.25, 0.3) is 0 Å². The third kappa shape index (κ3) is 2.88. The molecule has 1 fully saturated rings. The summed E-state index contributed by atoms with van der Waals surface area (Å²) in [5, 5.41) is 10.6. The van der Waals surface area contributed by atoms with Gasteiger partial charge in [-0.3, -0.25) is 4.90 Å². The molecule has 0 amide bonds. The maximum absolute atomic E-state index is 10.6. The van der Waals surface area contributed by atoms with Gasteiger partial charge in [0.05, 0.1) is 5.60 Å². The molecule has 3 unspecified atom stereocenters. The number of aliphatic hydroxyl groups is 1. The molecule has 0 radical (unpaired) electrons.